The molecule has 0 fully saturated rings. The molecule has 0 bridgehead atoms. The summed E-state index contributed by atoms with van der Waals surface area (Å²) in [5.74, 6) is -1.32. The van der Waals surface area contributed by atoms with Gasteiger partial charge in [0.05, 0.1) is 0 Å². The average molecular weight is 240 g/mol. The second-order valence-electron chi connectivity index (χ2n) is 2.67. The van der Waals surface area contributed by atoms with Gasteiger partial charge in [-0.25, -0.2) is 0 Å². The van der Waals surface area contributed by atoms with E-state index in [9.17, 15) is 21.1 Å². The summed E-state index contributed by atoms with van der Waals surface area (Å²) in [6.45, 7) is -3.08. The first-order valence-electron chi connectivity index (χ1n) is 3.83. The predicted molar refractivity (Wildman–Crippen MR) is 46.8 cm³/mol. The third kappa shape index (κ3) is 4.20. The highest BCUT2D eigenvalue weighted by Crippen LogP contribution is 2.22. The van der Waals surface area contributed by atoms with E-state index >= 15 is 0 Å². The molecule has 0 aromatic heterocycles. The smallest absolute Gasteiger partial charge is 0.387 e. The van der Waals surface area contributed by atoms with Gasteiger partial charge in [0.25, 0.3) is 0 Å². The highest BCUT2D eigenvalue weighted by molar-refractivity contribution is 7.85. The molecule has 1 aromatic rings. The Labute approximate surface area is 84.7 Å². The molecule has 0 heterocycles. The van der Waals surface area contributed by atoms with Gasteiger partial charge in [-0.2, -0.15) is 17.2 Å². The van der Waals surface area contributed by atoms with Crippen LogP contribution in [0.25, 0.3) is 0 Å². The minimum Gasteiger partial charge on any atom is -0.435 e. The van der Waals surface area contributed by atoms with Crippen LogP contribution in [0.3, 0.4) is 0 Å². The molecule has 0 unspecified atom stereocenters. The maximum absolute atomic E-state index is 12.3. The number of halogens is 3. The lowest BCUT2D eigenvalue weighted by Crippen LogP contribution is -2.06. The van der Waals surface area contributed by atoms with E-state index in [1.807, 2.05) is 0 Å². The number of benzene rings is 1. The summed E-state index contributed by atoms with van der Waals surface area (Å²) in [7, 11) is -4.76. The first-order chi connectivity index (χ1) is 6.88. The Morgan fingerprint density at radius 1 is 1.27 bits per heavy atom. The molecule has 0 spiro atoms. The van der Waals surface area contributed by atoms with Crippen molar-refractivity contribution in [2.45, 2.75) is 12.4 Å². The van der Waals surface area contributed by atoms with Crippen molar-refractivity contribution < 1.29 is 25.8 Å². The lowest BCUT2D eigenvalue weighted by atomic mass is 10.2. The molecule has 0 amide bonds. The van der Waals surface area contributed by atoms with Crippen LogP contribution in [0.4, 0.5) is 12.7 Å². The maximum atomic E-state index is 12.3. The average Bonchev–Trinajstić information content (AvgIpc) is 2.05. The van der Waals surface area contributed by atoms with Crippen LogP contribution in [0.5, 0.6) is 5.75 Å². The van der Waals surface area contributed by atoms with E-state index in [0.29, 0.717) is 0 Å². The summed E-state index contributed by atoms with van der Waals surface area (Å²) in [5.41, 5.74) is -0.139. The van der Waals surface area contributed by atoms with Gasteiger partial charge in [-0.05, 0) is 6.07 Å². The quantitative estimate of drug-likeness (QED) is 0.757. The van der Waals surface area contributed by atoms with E-state index in [1.54, 1.807) is 0 Å². The van der Waals surface area contributed by atoms with E-state index < -0.39 is 22.6 Å². The van der Waals surface area contributed by atoms with Crippen LogP contribution in [-0.2, 0) is 16.0 Å². The summed E-state index contributed by atoms with van der Waals surface area (Å²) >= 11 is 0. The van der Waals surface area contributed by atoms with Crippen molar-refractivity contribution in [2.24, 2.45) is 0 Å². The van der Waals surface area contributed by atoms with Gasteiger partial charge in [0.2, 0.25) is 0 Å². The Hall–Kier alpha value is -1.24. The largest absolute Gasteiger partial charge is 0.435 e. The van der Waals surface area contributed by atoms with E-state index in [1.165, 1.54) is 18.2 Å². The highest BCUT2D eigenvalue weighted by atomic mass is 32.3. The van der Waals surface area contributed by atoms with E-state index in [2.05, 4.69) is 4.74 Å². The summed E-state index contributed by atoms with van der Waals surface area (Å²) in [4.78, 5) is 0. The van der Waals surface area contributed by atoms with E-state index in [0.717, 1.165) is 6.07 Å². The van der Waals surface area contributed by atoms with Crippen LogP contribution in [0.2, 0.25) is 0 Å². The lowest BCUT2D eigenvalue weighted by molar-refractivity contribution is -0.0503. The zero-order valence-corrected chi connectivity index (χ0v) is 8.18. The number of ether oxygens (including phenoxy) is 1. The van der Waals surface area contributed by atoms with Crippen molar-refractivity contribution in [3.8, 4) is 5.75 Å². The Morgan fingerprint density at radius 3 is 2.40 bits per heavy atom. The van der Waals surface area contributed by atoms with Gasteiger partial charge in [0, 0.05) is 5.56 Å². The van der Waals surface area contributed by atoms with E-state index in [4.69, 9.17) is 0 Å². The molecule has 7 heteroatoms. The fourth-order valence-corrected chi connectivity index (χ4v) is 1.63. The molecule has 3 nitrogen and oxygen atoms in total. The van der Waals surface area contributed by atoms with Crippen molar-refractivity contribution >= 4 is 10.2 Å². The topological polar surface area (TPSA) is 43.4 Å². The molecule has 0 saturated carbocycles. The molecule has 1 rings (SSSR count). The minimum absolute atomic E-state index is 0.139. The predicted octanol–water partition coefficient (Wildman–Crippen LogP) is 2.09. The van der Waals surface area contributed by atoms with Gasteiger partial charge in [-0.3, -0.25) is 0 Å². The Morgan fingerprint density at radius 2 is 1.87 bits per heavy atom. The van der Waals surface area contributed by atoms with Crippen LogP contribution in [0, 0.1) is 0 Å². The van der Waals surface area contributed by atoms with Gasteiger partial charge in [0.1, 0.15) is 11.5 Å². The summed E-state index contributed by atoms with van der Waals surface area (Å²) in [6, 6.07) is 5.13. The molecular formula is C8H7F3O3S. The molecular weight excluding hydrogens is 233 g/mol. The van der Waals surface area contributed by atoms with Crippen molar-refractivity contribution in [3.63, 3.8) is 0 Å². The van der Waals surface area contributed by atoms with Crippen molar-refractivity contribution in [3.05, 3.63) is 29.8 Å². The van der Waals surface area contributed by atoms with Gasteiger partial charge in [-0.15, -0.1) is 3.89 Å². The summed E-state index contributed by atoms with van der Waals surface area (Å²) in [6.07, 6.45) is 0. The molecule has 0 aliphatic heterocycles. The monoisotopic (exact) mass is 240 g/mol. The Balaban J connectivity index is 2.96. The summed E-state index contributed by atoms with van der Waals surface area (Å²) < 4.78 is 60.7. The van der Waals surface area contributed by atoms with Crippen LogP contribution < -0.4 is 4.74 Å². The van der Waals surface area contributed by atoms with Gasteiger partial charge < -0.3 is 4.74 Å². The van der Waals surface area contributed by atoms with Gasteiger partial charge in [0.15, 0.2) is 0 Å². The third-order valence-electron chi connectivity index (χ3n) is 1.52. The van der Waals surface area contributed by atoms with Crippen LogP contribution in [-0.4, -0.2) is 15.0 Å². The molecule has 0 atom stereocenters. The van der Waals surface area contributed by atoms with Crippen molar-refractivity contribution in [2.75, 3.05) is 0 Å². The van der Waals surface area contributed by atoms with Crippen LogP contribution in [0.1, 0.15) is 5.56 Å². The number of rotatable bonds is 4. The second kappa shape index (κ2) is 4.52. The first-order valence-corrected chi connectivity index (χ1v) is 5.39. The summed E-state index contributed by atoms with van der Waals surface area (Å²) in [5, 5.41) is 0. The maximum Gasteiger partial charge on any atom is 0.387 e. The number of hydrogen-bond acceptors (Lipinski definition) is 3. The molecule has 0 radical (unpaired) electrons. The molecule has 1 aromatic carbocycles. The lowest BCUT2D eigenvalue weighted by Gasteiger charge is -2.08. The molecule has 0 saturated heterocycles. The minimum atomic E-state index is -4.76. The van der Waals surface area contributed by atoms with Crippen LogP contribution >= 0.6 is 0 Å². The number of alkyl halides is 2. The van der Waals surface area contributed by atoms with Crippen molar-refractivity contribution in [1.29, 1.82) is 0 Å². The molecule has 84 valence electrons. The molecule has 15 heavy (non-hydrogen) atoms. The third-order valence-corrected chi connectivity index (χ3v) is 2.17. The fourth-order valence-electron chi connectivity index (χ4n) is 1.02. The zero-order valence-electron chi connectivity index (χ0n) is 7.36. The molecule has 0 aliphatic rings. The first kappa shape index (κ1) is 11.8. The SMILES string of the molecule is O=S(=O)(F)Cc1ccccc1OC(F)F. The highest BCUT2D eigenvalue weighted by Gasteiger charge is 2.15. The van der Waals surface area contributed by atoms with E-state index in [-0.39, 0.29) is 11.3 Å². The van der Waals surface area contributed by atoms with Gasteiger partial charge >= 0.3 is 16.8 Å². The zero-order chi connectivity index (χ0) is 11.5. The Bertz CT molecular complexity index is 431. The molecule has 0 N–H and O–H groups in total. The van der Waals surface area contributed by atoms with Gasteiger partial charge in [-0.1, -0.05) is 18.2 Å². The second-order valence-corrected chi connectivity index (χ2v) is 4.04. The van der Waals surface area contributed by atoms with Crippen LogP contribution in [0.15, 0.2) is 24.3 Å². The number of hydrogen-bond donors (Lipinski definition) is 0. The number of para-hydroxylation sites is 1. The van der Waals surface area contributed by atoms with Crippen molar-refractivity contribution in [1.82, 2.24) is 0 Å². The molecule has 0 aliphatic carbocycles. The normalized spacial score (nSPS) is 11.7. The fraction of sp³-hybridized carbons (Fsp3) is 0.250. The Kier molecular flexibility index (Phi) is 3.57. The standard InChI is InChI=1S/C8H7F3O3S/c9-8(10)14-7-4-2-1-3-6(7)5-15(11,12)13/h1-4,8H,5H2.